The molecule has 0 radical (unpaired) electrons. The van der Waals surface area contributed by atoms with Gasteiger partial charge in [-0.1, -0.05) is 0 Å². The Bertz CT molecular complexity index is 25.3. The molecule has 44 valence electrons. The second-order valence-corrected chi connectivity index (χ2v) is 8.91. The molecule has 0 N–H and O–H groups in total. The standard InChI is InChI=1S/Cl2S5/c1-3-5-7-6-4-2. The Kier molecular flexibility index (Phi) is 11.1. The minimum absolute atomic E-state index is 1.20. The molecule has 0 fully saturated rings. The van der Waals surface area contributed by atoms with Crippen LogP contribution in [0.2, 0.25) is 0 Å². The van der Waals surface area contributed by atoms with E-state index < -0.39 is 0 Å². The van der Waals surface area contributed by atoms with E-state index in [1.165, 1.54) is 39.7 Å². The van der Waals surface area contributed by atoms with Gasteiger partial charge in [-0.05, 0) is 21.4 Å². The van der Waals surface area contributed by atoms with Crippen molar-refractivity contribution in [3.63, 3.8) is 0 Å². The fourth-order valence-electron chi connectivity index (χ4n) is 0.0323. The Labute approximate surface area is 70.2 Å². The number of hydrogen-bond acceptors (Lipinski definition) is 5. The average Bonchev–Trinajstić information content (AvgIpc) is 1.69. The van der Waals surface area contributed by atoms with Crippen LogP contribution in [0.4, 0.5) is 0 Å². The van der Waals surface area contributed by atoms with E-state index in [-0.39, 0.29) is 0 Å². The van der Waals surface area contributed by atoms with Crippen LogP contribution < -0.4 is 0 Å². The van der Waals surface area contributed by atoms with Gasteiger partial charge in [-0.3, -0.25) is 0 Å². The van der Waals surface area contributed by atoms with Crippen LogP contribution in [0.1, 0.15) is 0 Å². The largest absolute Gasteiger partial charge is 0.0309 e. The molecular weight excluding hydrogens is 231 g/mol. The maximum absolute atomic E-state index is 5.23. The van der Waals surface area contributed by atoms with Crippen LogP contribution in [0, 0.1) is 0 Å². The highest BCUT2D eigenvalue weighted by Crippen LogP contribution is 2.50. The lowest BCUT2D eigenvalue weighted by molar-refractivity contribution is 5.25. The predicted molar refractivity (Wildman–Crippen MR) is 49.7 cm³/mol. The molecule has 0 saturated heterocycles. The SMILES string of the molecule is ClSSSSSCl. The number of rotatable bonds is 4. The molecule has 0 spiro atoms. The van der Waals surface area contributed by atoms with E-state index in [9.17, 15) is 0 Å². The Morgan fingerprint density at radius 2 is 1.14 bits per heavy atom. The monoisotopic (exact) mass is 230 g/mol. The van der Waals surface area contributed by atoms with E-state index in [0.717, 1.165) is 0 Å². The highest BCUT2D eigenvalue weighted by Gasteiger charge is 1.86. The minimum Gasteiger partial charge on any atom is -0.0309 e. The molecule has 0 aromatic heterocycles. The summed E-state index contributed by atoms with van der Waals surface area (Å²) in [6.45, 7) is 0. The van der Waals surface area contributed by atoms with Crippen LogP contribution in [0.5, 0.6) is 0 Å². The van der Waals surface area contributed by atoms with Crippen LogP contribution in [-0.2, 0) is 0 Å². The van der Waals surface area contributed by atoms with E-state index >= 15 is 0 Å². The van der Waals surface area contributed by atoms with Gasteiger partial charge in [-0.25, -0.2) is 0 Å². The lowest BCUT2D eigenvalue weighted by atomic mass is 30.3. The number of hydrogen-bond donors (Lipinski definition) is 0. The molecule has 7 heavy (non-hydrogen) atoms. The minimum atomic E-state index is 1.20. The first-order chi connectivity index (χ1) is 3.41. The summed E-state index contributed by atoms with van der Waals surface area (Å²) in [6, 6.07) is 0. The molecule has 0 atom stereocenters. The maximum Gasteiger partial charge on any atom is 0.0261 e. The van der Waals surface area contributed by atoms with Gasteiger partial charge in [0.05, 0.1) is 0 Å². The topological polar surface area (TPSA) is 0 Å². The molecular formula is Cl2S5. The molecule has 0 bridgehead atoms. The van der Waals surface area contributed by atoms with Crippen molar-refractivity contribution in [3.8, 4) is 0 Å². The van der Waals surface area contributed by atoms with Gasteiger partial charge >= 0.3 is 0 Å². The first kappa shape index (κ1) is 9.33. The van der Waals surface area contributed by atoms with E-state index in [4.69, 9.17) is 21.4 Å². The van der Waals surface area contributed by atoms with Gasteiger partial charge < -0.3 is 0 Å². The molecule has 0 unspecified atom stereocenters. The first-order valence-corrected chi connectivity index (χ1v) is 8.78. The zero-order valence-corrected chi connectivity index (χ0v) is 8.39. The summed E-state index contributed by atoms with van der Waals surface area (Å²) in [5.41, 5.74) is 0. The molecule has 0 aliphatic heterocycles. The summed E-state index contributed by atoms with van der Waals surface area (Å²) in [7, 11) is 17.4. The highest BCUT2D eigenvalue weighted by atomic mass is 35.8. The molecule has 0 amide bonds. The number of halogens is 2. The van der Waals surface area contributed by atoms with Gasteiger partial charge in [-0.15, -0.1) is 0 Å². The third-order valence-corrected chi connectivity index (χ3v) is 8.67. The Balaban J connectivity index is 2.45. The zero-order valence-electron chi connectivity index (χ0n) is 2.80. The van der Waals surface area contributed by atoms with Crippen molar-refractivity contribution >= 4 is 70.9 Å². The normalized spacial score (nSPS) is 9.43. The van der Waals surface area contributed by atoms with Gasteiger partial charge in [-0.2, -0.15) is 0 Å². The summed E-state index contributed by atoms with van der Waals surface area (Å²) in [4.78, 5) is 0. The summed E-state index contributed by atoms with van der Waals surface area (Å²) in [5, 5.41) is 0. The highest BCUT2D eigenvalue weighted by molar-refractivity contribution is 9.38. The Hall–Kier alpha value is 2.33. The fourth-order valence-corrected chi connectivity index (χ4v) is 7.86. The third-order valence-electron chi connectivity index (χ3n) is 0.107. The van der Waals surface area contributed by atoms with Gasteiger partial charge in [0, 0.05) is 49.5 Å². The molecule has 0 aromatic rings. The van der Waals surface area contributed by atoms with Crippen molar-refractivity contribution < 1.29 is 0 Å². The van der Waals surface area contributed by atoms with Gasteiger partial charge in [0.2, 0.25) is 0 Å². The summed E-state index contributed by atoms with van der Waals surface area (Å²) >= 11 is 0. The second-order valence-electron chi connectivity index (χ2n) is 0.330. The average molecular weight is 231 g/mol. The van der Waals surface area contributed by atoms with Crippen molar-refractivity contribution in [2.24, 2.45) is 0 Å². The molecule has 0 nitrogen and oxygen atoms in total. The maximum atomic E-state index is 5.23. The molecule has 0 heterocycles. The lowest BCUT2D eigenvalue weighted by Gasteiger charge is -1.84. The molecule has 0 saturated carbocycles. The third kappa shape index (κ3) is 8.33. The van der Waals surface area contributed by atoms with E-state index in [1.807, 2.05) is 0 Å². The van der Waals surface area contributed by atoms with Crippen LogP contribution in [0.15, 0.2) is 0 Å². The molecule has 7 heteroatoms. The van der Waals surface area contributed by atoms with Crippen molar-refractivity contribution in [2.75, 3.05) is 0 Å². The summed E-state index contributed by atoms with van der Waals surface area (Å²) in [5.74, 6) is 0. The van der Waals surface area contributed by atoms with Crippen LogP contribution >= 0.6 is 70.9 Å². The molecule has 0 aromatic carbocycles. The molecule has 0 aliphatic carbocycles. The first-order valence-electron chi connectivity index (χ1n) is 0.975. The quantitative estimate of drug-likeness (QED) is 0.510. The molecule has 0 aliphatic rings. The smallest absolute Gasteiger partial charge is 0.0261 e. The Morgan fingerprint density at radius 3 is 1.43 bits per heavy atom. The van der Waals surface area contributed by atoms with E-state index in [1.54, 1.807) is 9.83 Å². The lowest BCUT2D eigenvalue weighted by Crippen LogP contribution is -1.20. The van der Waals surface area contributed by atoms with Gasteiger partial charge in [0.1, 0.15) is 0 Å². The van der Waals surface area contributed by atoms with Crippen molar-refractivity contribution in [2.45, 2.75) is 0 Å². The van der Waals surface area contributed by atoms with Crippen molar-refractivity contribution in [3.05, 3.63) is 0 Å². The van der Waals surface area contributed by atoms with Gasteiger partial charge in [0.25, 0.3) is 0 Å². The molecule has 0 rings (SSSR count). The Morgan fingerprint density at radius 1 is 0.714 bits per heavy atom. The van der Waals surface area contributed by atoms with Crippen LogP contribution in [-0.4, -0.2) is 0 Å². The van der Waals surface area contributed by atoms with E-state index in [2.05, 4.69) is 0 Å². The second kappa shape index (κ2) is 8.33. The van der Waals surface area contributed by atoms with Crippen molar-refractivity contribution in [1.82, 2.24) is 0 Å². The fraction of sp³-hybridized carbons (Fsp3) is 0. The van der Waals surface area contributed by atoms with Gasteiger partial charge in [0.15, 0.2) is 0 Å². The van der Waals surface area contributed by atoms with Crippen molar-refractivity contribution in [1.29, 1.82) is 0 Å². The van der Waals surface area contributed by atoms with Crippen LogP contribution in [0.25, 0.3) is 0 Å². The van der Waals surface area contributed by atoms with E-state index in [0.29, 0.717) is 0 Å². The summed E-state index contributed by atoms with van der Waals surface area (Å²) < 4.78 is 0. The predicted octanol–water partition coefficient (Wildman–Crippen LogP) is 4.62. The summed E-state index contributed by atoms with van der Waals surface area (Å²) in [6.07, 6.45) is 0. The zero-order chi connectivity index (χ0) is 5.54. The van der Waals surface area contributed by atoms with Crippen LogP contribution in [0.3, 0.4) is 0 Å².